The van der Waals surface area contributed by atoms with Crippen LogP contribution < -0.4 is 10.5 Å². The van der Waals surface area contributed by atoms with Gasteiger partial charge in [-0.3, -0.25) is 4.79 Å². The van der Waals surface area contributed by atoms with E-state index in [0.29, 0.717) is 6.54 Å². The van der Waals surface area contributed by atoms with Gasteiger partial charge in [-0.1, -0.05) is 36.5 Å². The summed E-state index contributed by atoms with van der Waals surface area (Å²) < 4.78 is 36.4. The van der Waals surface area contributed by atoms with Crippen molar-refractivity contribution in [2.24, 2.45) is 5.14 Å². The highest BCUT2D eigenvalue weighted by molar-refractivity contribution is 7.89. The van der Waals surface area contributed by atoms with Crippen molar-refractivity contribution in [1.29, 1.82) is 0 Å². The Kier molecular flexibility index (Phi) is 5.76. The number of nitrogens with two attached hydrogens (primary N) is 1. The van der Waals surface area contributed by atoms with Crippen LogP contribution in [0.3, 0.4) is 0 Å². The number of sulfonamides is 1. The SMILES string of the molecule is CCCCNC(=O)c1cc(F)c(Cl)c(S(N)(=O)=O)c1Cl. The molecule has 112 valence electrons. The first-order chi connectivity index (χ1) is 9.20. The molecule has 0 aliphatic heterocycles. The largest absolute Gasteiger partial charge is 0.352 e. The number of unbranched alkanes of at least 4 members (excludes halogenated alkanes) is 1. The first-order valence-corrected chi connectivity index (χ1v) is 7.98. The van der Waals surface area contributed by atoms with Gasteiger partial charge in [-0.15, -0.1) is 0 Å². The van der Waals surface area contributed by atoms with Crippen LogP contribution in [0.15, 0.2) is 11.0 Å². The van der Waals surface area contributed by atoms with Crippen LogP contribution in [-0.4, -0.2) is 20.9 Å². The van der Waals surface area contributed by atoms with Crippen molar-refractivity contribution in [3.05, 3.63) is 27.5 Å². The van der Waals surface area contributed by atoms with E-state index in [9.17, 15) is 17.6 Å². The number of carbonyl (C=O) groups is 1. The summed E-state index contributed by atoms with van der Waals surface area (Å²) >= 11 is 11.3. The lowest BCUT2D eigenvalue weighted by Crippen LogP contribution is -2.26. The molecule has 0 fully saturated rings. The molecule has 5 nitrogen and oxygen atoms in total. The Morgan fingerprint density at radius 2 is 2.00 bits per heavy atom. The fraction of sp³-hybridized carbons (Fsp3) is 0.364. The molecule has 0 heterocycles. The average molecular weight is 343 g/mol. The molecule has 0 bridgehead atoms. The van der Waals surface area contributed by atoms with Crippen molar-refractivity contribution in [2.45, 2.75) is 24.7 Å². The number of hydrogen-bond acceptors (Lipinski definition) is 3. The van der Waals surface area contributed by atoms with Gasteiger partial charge in [-0.25, -0.2) is 17.9 Å². The summed E-state index contributed by atoms with van der Waals surface area (Å²) in [5, 5.41) is 6.19. The predicted molar refractivity (Wildman–Crippen MR) is 75.0 cm³/mol. The minimum Gasteiger partial charge on any atom is -0.352 e. The van der Waals surface area contributed by atoms with Gasteiger partial charge in [-0.2, -0.15) is 0 Å². The molecule has 0 saturated heterocycles. The van der Waals surface area contributed by atoms with E-state index < -0.39 is 36.7 Å². The second-order valence-electron chi connectivity index (χ2n) is 4.02. The summed E-state index contributed by atoms with van der Waals surface area (Å²) in [5.74, 6) is -1.77. The number of carbonyl (C=O) groups excluding carboxylic acids is 1. The molecule has 0 radical (unpaired) electrons. The molecule has 0 unspecified atom stereocenters. The fourth-order valence-electron chi connectivity index (χ4n) is 1.47. The quantitative estimate of drug-likeness (QED) is 0.635. The van der Waals surface area contributed by atoms with Crippen LogP contribution in [0.2, 0.25) is 10.0 Å². The maximum atomic E-state index is 13.6. The van der Waals surface area contributed by atoms with Gasteiger partial charge in [0.1, 0.15) is 10.7 Å². The molecule has 0 atom stereocenters. The zero-order valence-corrected chi connectivity index (χ0v) is 12.9. The molecule has 1 rings (SSSR count). The van der Waals surface area contributed by atoms with Crippen molar-refractivity contribution in [3.63, 3.8) is 0 Å². The Balaban J connectivity index is 3.30. The number of hydrogen-bond donors (Lipinski definition) is 2. The van der Waals surface area contributed by atoms with Gasteiger partial charge in [0.15, 0.2) is 0 Å². The van der Waals surface area contributed by atoms with Crippen molar-refractivity contribution in [3.8, 4) is 0 Å². The highest BCUT2D eigenvalue weighted by Gasteiger charge is 2.26. The van der Waals surface area contributed by atoms with Crippen LogP contribution in [0.25, 0.3) is 0 Å². The molecule has 3 N–H and O–H groups in total. The topological polar surface area (TPSA) is 89.3 Å². The maximum Gasteiger partial charge on any atom is 0.252 e. The molecule has 0 aliphatic carbocycles. The second kappa shape index (κ2) is 6.71. The predicted octanol–water partition coefficient (Wildman–Crippen LogP) is 2.31. The zero-order chi connectivity index (χ0) is 15.5. The normalized spacial score (nSPS) is 11.4. The van der Waals surface area contributed by atoms with E-state index >= 15 is 0 Å². The van der Waals surface area contributed by atoms with Crippen LogP contribution in [0, 0.1) is 5.82 Å². The summed E-state index contributed by atoms with van der Waals surface area (Å²) in [7, 11) is -4.35. The van der Waals surface area contributed by atoms with Crippen LogP contribution in [0.4, 0.5) is 4.39 Å². The minimum atomic E-state index is -4.35. The average Bonchev–Trinajstić information content (AvgIpc) is 2.32. The van der Waals surface area contributed by atoms with Gasteiger partial charge in [0.05, 0.1) is 15.6 Å². The second-order valence-corrected chi connectivity index (χ2v) is 6.27. The Bertz CT molecular complexity index is 635. The van der Waals surface area contributed by atoms with Gasteiger partial charge in [-0.05, 0) is 12.5 Å². The van der Waals surface area contributed by atoms with Gasteiger partial charge in [0, 0.05) is 6.54 Å². The maximum absolute atomic E-state index is 13.6. The number of nitrogens with one attached hydrogen (secondary N) is 1. The van der Waals surface area contributed by atoms with E-state index in [-0.39, 0.29) is 5.56 Å². The smallest absolute Gasteiger partial charge is 0.252 e. The summed E-state index contributed by atoms with van der Waals surface area (Å²) in [6.07, 6.45) is 1.58. The first kappa shape index (κ1) is 17.2. The van der Waals surface area contributed by atoms with E-state index in [4.69, 9.17) is 28.3 Å². The highest BCUT2D eigenvalue weighted by atomic mass is 35.5. The number of rotatable bonds is 5. The lowest BCUT2D eigenvalue weighted by atomic mass is 10.2. The molecule has 9 heteroatoms. The van der Waals surface area contributed by atoms with E-state index in [1.807, 2.05) is 6.92 Å². The van der Waals surface area contributed by atoms with Crippen molar-refractivity contribution < 1.29 is 17.6 Å². The Morgan fingerprint density at radius 3 is 2.50 bits per heavy atom. The number of primary sulfonamides is 1. The Hall–Kier alpha value is -0.890. The van der Waals surface area contributed by atoms with Crippen molar-refractivity contribution >= 4 is 39.1 Å². The lowest BCUT2D eigenvalue weighted by molar-refractivity contribution is 0.0952. The summed E-state index contributed by atoms with van der Waals surface area (Å²) in [6.45, 7) is 2.29. The van der Waals surface area contributed by atoms with Crippen LogP contribution in [-0.2, 0) is 10.0 Å². The van der Waals surface area contributed by atoms with E-state index in [1.165, 1.54) is 0 Å². The molecule has 0 aromatic heterocycles. The molecular formula is C11H13Cl2FN2O3S. The number of amides is 1. The van der Waals surface area contributed by atoms with E-state index in [2.05, 4.69) is 5.32 Å². The molecule has 0 spiro atoms. The van der Waals surface area contributed by atoms with Gasteiger partial charge in [0.2, 0.25) is 10.0 Å². The van der Waals surface area contributed by atoms with Crippen LogP contribution in [0.5, 0.6) is 0 Å². The Labute approximate surface area is 126 Å². The standard InChI is InChI=1S/C11H13Cl2FN2O3S/c1-2-3-4-16-11(17)6-5-7(14)9(13)10(8(6)12)20(15,18)19/h5H,2-4H2,1H3,(H,16,17)(H2,15,18,19). The van der Waals surface area contributed by atoms with Gasteiger partial charge >= 0.3 is 0 Å². The molecule has 1 aromatic rings. The third-order valence-corrected chi connectivity index (χ3v) is 4.42. The molecule has 0 saturated carbocycles. The van der Waals surface area contributed by atoms with Gasteiger partial charge < -0.3 is 5.32 Å². The van der Waals surface area contributed by atoms with Crippen LogP contribution in [0.1, 0.15) is 30.1 Å². The van der Waals surface area contributed by atoms with Crippen molar-refractivity contribution in [2.75, 3.05) is 6.54 Å². The summed E-state index contributed by atoms with van der Waals surface area (Å²) in [6, 6.07) is 0.778. The third-order valence-electron chi connectivity index (χ3n) is 2.46. The first-order valence-electron chi connectivity index (χ1n) is 5.68. The van der Waals surface area contributed by atoms with E-state index in [1.54, 1.807) is 0 Å². The van der Waals surface area contributed by atoms with E-state index in [0.717, 1.165) is 18.9 Å². The third kappa shape index (κ3) is 3.82. The lowest BCUT2D eigenvalue weighted by Gasteiger charge is -2.11. The van der Waals surface area contributed by atoms with Gasteiger partial charge in [0.25, 0.3) is 5.91 Å². The molecular weight excluding hydrogens is 330 g/mol. The van der Waals surface area contributed by atoms with Crippen LogP contribution >= 0.6 is 23.2 Å². The number of halogens is 3. The molecule has 1 aromatic carbocycles. The highest BCUT2D eigenvalue weighted by Crippen LogP contribution is 2.33. The monoisotopic (exact) mass is 342 g/mol. The zero-order valence-electron chi connectivity index (χ0n) is 10.5. The molecule has 20 heavy (non-hydrogen) atoms. The molecule has 0 aliphatic rings. The number of benzene rings is 1. The fourth-order valence-corrected chi connectivity index (χ4v) is 3.25. The van der Waals surface area contributed by atoms with Crippen molar-refractivity contribution in [1.82, 2.24) is 5.32 Å². The minimum absolute atomic E-state index is 0.325. The summed E-state index contributed by atoms with van der Waals surface area (Å²) in [4.78, 5) is 11.1. The summed E-state index contributed by atoms with van der Waals surface area (Å²) in [5.41, 5.74) is -0.325. The Morgan fingerprint density at radius 1 is 1.40 bits per heavy atom. The molecule has 1 amide bonds.